The van der Waals surface area contributed by atoms with E-state index in [1.54, 1.807) is 11.9 Å². The molecule has 1 N–H and O–H groups in total. The quantitative estimate of drug-likeness (QED) is 0.701. The molecule has 1 unspecified atom stereocenters. The molecule has 1 heterocycles. The number of hydrogen-bond donors (Lipinski definition) is 1. The number of rotatable bonds is 3. The molecular formula is C10H16N2O3. The van der Waals surface area contributed by atoms with Crippen LogP contribution in [-0.4, -0.2) is 59.0 Å². The van der Waals surface area contributed by atoms with Crippen LogP contribution in [0.15, 0.2) is 0 Å². The van der Waals surface area contributed by atoms with Gasteiger partial charge in [0.2, 0.25) is 5.91 Å². The fraction of sp³-hybridized carbons (Fsp3) is 0.800. The zero-order chi connectivity index (χ0) is 11.0. The van der Waals surface area contributed by atoms with E-state index in [-0.39, 0.29) is 12.3 Å². The molecule has 1 saturated heterocycles. The van der Waals surface area contributed by atoms with Crippen LogP contribution in [0.25, 0.3) is 0 Å². The van der Waals surface area contributed by atoms with Gasteiger partial charge < -0.3 is 10.0 Å². The monoisotopic (exact) mass is 212 g/mol. The Morgan fingerprint density at radius 1 is 1.47 bits per heavy atom. The Balaban J connectivity index is 2.09. The SMILES string of the molecule is CN1CCN(C2CC2)C(CC(=O)O)C1=O. The number of carbonyl (C=O) groups excluding carboxylic acids is 1. The number of carboxylic acids is 1. The third-order valence-corrected chi connectivity index (χ3v) is 3.14. The van der Waals surface area contributed by atoms with Gasteiger partial charge in [0.25, 0.3) is 0 Å². The standard InChI is InChI=1S/C10H16N2O3/c1-11-4-5-12(7-2-3-7)8(10(11)15)6-9(13)14/h7-8H,2-6H2,1H3,(H,13,14). The van der Waals surface area contributed by atoms with Crippen LogP contribution in [-0.2, 0) is 9.59 Å². The summed E-state index contributed by atoms with van der Waals surface area (Å²) >= 11 is 0. The van der Waals surface area contributed by atoms with Crippen molar-refractivity contribution in [2.24, 2.45) is 0 Å². The van der Waals surface area contributed by atoms with Crippen molar-refractivity contribution in [2.75, 3.05) is 20.1 Å². The number of hydrogen-bond acceptors (Lipinski definition) is 3. The van der Waals surface area contributed by atoms with E-state index in [0.717, 1.165) is 19.4 Å². The fourth-order valence-electron chi connectivity index (χ4n) is 2.14. The first-order valence-electron chi connectivity index (χ1n) is 5.32. The third kappa shape index (κ3) is 2.12. The van der Waals surface area contributed by atoms with Crippen LogP contribution < -0.4 is 0 Å². The molecular weight excluding hydrogens is 196 g/mol. The second-order valence-corrected chi connectivity index (χ2v) is 4.34. The number of carbonyl (C=O) groups is 2. The second kappa shape index (κ2) is 3.81. The van der Waals surface area contributed by atoms with Crippen molar-refractivity contribution >= 4 is 11.9 Å². The Labute approximate surface area is 88.6 Å². The van der Waals surface area contributed by atoms with Gasteiger partial charge in [0, 0.05) is 26.2 Å². The van der Waals surface area contributed by atoms with E-state index < -0.39 is 12.0 Å². The minimum atomic E-state index is -0.894. The summed E-state index contributed by atoms with van der Waals surface area (Å²) in [5.41, 5.74) is 0. The normalized spacial score (nSPS) is 28.2. The lowest BCUT2D eigenvalue weighted by atomic mass is 10.1. The first-order chi connectivity index (χ1) is 7.09. The minimum Gasteiger partial charge on any atom is -0.481 e. The lowest BCUT2D eigenvalue weighted by molar-refractivity contribution is -0.148. The van der Waals surface area contributed by atoms with Gasteiger partial charge in [-0.2, -0.15) is 0 Å². The van der Waals surface area contributed by atoms with Gasteiger partial charge in [0.15, 0.2) is 0 Å². The van der Waals surface area contributed by atoms with Crippen LogP contribution in [0, 0.1) is 0 Å². The van der Waals surface area contributed by atoms with E-state index in [1.807, 2.05) is 0 Å². The molecule has 0 aromatic heterocycles. The molecule has 1 atom stereocenters. The van der Waals surface area contributed by atoms with Crippen LogP contribution in [0.2, 0.25) is 0 Å². The van der Waals surface area contributed by atoms with Gasteiger partial charge in [-0.05, 0) is 12.8 Å². The molecule has 1 aliphatic carbocycles. The molecule has 2 fully saturated rings. The number of nitrogens with zero attached hydrogens (tertiary/aromatic N) is 2. The van der Waals surface area contributed by atoms with E-state index in [0.29, 0.717) is 12.6 Å². The summed E-state index contributed by atoms with van der Waals surface area (Å²) < 4.78 is 0. The molecule has 0 spiro atoms. The van der Waals surface area contributed by atoms with Crippen molar-refractivity contribution in [1.29, 1.82) is 0 Å². The summed E-state index contributed by atoms with van der Waals surface area (Å²) in [5.74, 6) is -0.940. The van der Waals surface area contributed by atoms with Crippen LogP contribution in [0.1, 0.15) is 19.3 Å². The summed E-state index contributed by atoms with van der Waals surface area (Å²) in [5, 5.41) is 8.79. The van der Waals surface area contributed by atoms with Crippen molar-refractivity contribution < 1.29 is 14.7 Å². The Kier molecular flexibility index (Phi) is 2.65. The highest BCUT2D eigenvalue weighted by Gasteiger charge is 2.41. The fourth-order valence-corrected chi connectivity index (χ4v) is 2.14. The maximum absolute atomic E-state index is 11.8. The smallest absolute Gasteiger partial charge is 0.305 e. The van der Waals surface area contributed by atoms with Crippen LogP contribution in [0.3, 0.4) is 0 Å². The lowest BCUT2D eigenvalue weighted by Gasteiger charge is -2.38. The molecule has 84 valence electrons. The molecule has 0 bridgehead atoms. The van der Waals surface area contributed by atoms with E-state index in [9.17, 15) is 9.59 Å². The summed E-state index contributed by atoms with van der Waals surface area (Å²) in [7, 11) is 1.74. The van der Waals surface area contributed by atoms with Crippen molar-refractivity contribution in [3.05, 3.63) is 0 Å². The summed E-state index contributed by atoms with van der Waals surface area (Å²) in [6.07, 6.45) is 2.14. The molecule has 1 amide bonds. The molecule has 15 heavy (non-hydrogen) atoms. The van der Waals surface area contributed by atoms with Gasteiger partial charge in [0.05, 0.1) is 6.42 Å². The van der Waals surface area contributed by atoms with Crippen molar-refractivity contribution in [2.45, 2.75) is 31.3 Å². The van der Waals surface area contributed by atoms with E-state index in [4.69, 9.17) is 5.11 Å². The lowest BCUT2D eigenvalue weighted by Crippen LogP contribution is -2.57. The molecule has 2 rings (SSSR count). The van der Waals surface area contributed by atoms with Gasteiger partial charge in [-0.15, -0.1) is 0 Å². The maximum Gasteiger partial charge on any atom is 0.305 e. The van der Waals surface area contributed by atoms with Gasteiger partial charge in [-0.3, -0.25) is 14.5 Å². The first-order valence-corrected chi connectivity index (χ1v) is 5.32. The summed E-state index contributed by atoms with van der Waals surface area (Å²) in [4.78, 5) is 26.2. The van der Waals surface area contributed by atoms with Crippen molar-refractivity contribution in [3.8, 4) is 0 Å². The zero-order valence-electron chi connectivity index (χ0n) is 8.85. The van der Waals surface area contributed by atoms with Crippen LogP contribution in [0.4, 0.5) is 0 Å². The average Bonchev–Trinajstić information content (AvgIpc) is 2.96. The third-order valence-electron chi connectivity index (χ3n) is 3.14. The average molecular weight is 212 g/mol. The molecule has 0 radical (unpaired) electrons. The molecule has 5 heteroatoms. The Morgan fingerprint density at radius 3 is 2.67 bits per heavy atom. The molecule has 5 nitrogen and oxygen atoms in total. The summed E-state index contributed by atoms with van der Waals surface area (Å²) in [6.45, 7) is 1.52. The molecule has 0 aromatic rings. The topological polar surface area (TPSA) is 60.9 Å². The molecule has 1 saturated carbocycles. The molecule has 2 aliphatic rings. The van der Waals surface area contributed by atoms with Crippen molar-refractivity contribution in [1.82, 2.24) is 9.80 Å². The number of piperazine rings is 1. The highest BCUT2D eigenvalue weighted by Crippen LogP contribution is 2.31. The van der Waals surface area contributed by atoms with Crippen molar-refractivity contribution in [3.63, 3.8) is 0 Å². The number of likely N-dealkylation sites (N-methyl/N-ethyl adjacent to an activating group) is 1. The van der Waals surface area contributed by atoms with E-state index in [1.165, 1.54) is 0 Å². The van der Waals surface area contributed by atoms with Gasteiger partial charge >= 0.3 is 5.97 Å². The highest BCUT2D eigenvalue weighted by atomic mass is 16.4. The Morgan fingerprint density at radius 2 is 2.13 bits per heavy atom. The predicted octanol–water partition coefficient (Wildman–Crippen LogP) is -0.234. The van der Waals surface area contributed by atoms with E-state index >= 15 is 0 Å². The highest BCUT2D eigenvalue weighted by molar-refractivity contribution is 5.86. The Hall–Kier alpha value is -1.10. The predicted molar refractivity (Wildman–Crippen MR) is 53.4 cm³/mol. The maximum atomic E-state index is 11.8. The molecule has 1 aliphatic heterocycles. The van der Waals surface area contributed by atoms with E-state index in [2.05, 4.69) is 4.90 Å². The Bertz CT molecular complexity index is 288. The van der Waals surface area contributed by atoms with Gasteiger partial charge in [-0.25, -0.2) is 0 Å². The van der Waals surface area contributed by atoms with Crippen LogP contribution in [0.5, 0.6) is 0 Å². The van der Waals surface area contributed by atoms with Gasteiger partial charge in [-0.1, -0.05) is 0 Å². The number of amides is 1. The zero-order valence-corrected chi connectivity index (χ0v) is 8.85. The van der Waals surface area contributed by atoms with Crippen LogP contribution >= 0.6 is 0 Å². The summed E-state index contributed by atoms with van der Waals surface area (Å²) in [6, 6.07) is 0.0146. The minimum absolute atomic E-state index is 0.0458. The first kappa shape index (κ1) is 10.4. The number of aliphatic carboxylic acids is 1. The van der Waals surface area contributed by atoms with Gasteiger partial charge in [0.1, 0.15) is 6.04 Å². The molecule has 0 aromatic carbocycles. The largest absolute Gasteiger partial charge is 0.481 e. The number of carboxylic acid groups (broad SMARTS) is 1. The second-order valence-electron chi connectivity index (χ2n) is 4.34.